The van der Waals surface area contributed by atoms with Gasteiger partial charge in [0.05, 0.1) is 14.2 Å². The molecule has 2 rings (SSSR count). The lowest BCUT2D eigenvalue weighted by molar-refractivity contribution is 0.101. The Morgan fingerprint density at radius 3 is 1.95 bits per heavy atom. The third kappa shape index (κ3) is 2.97. The van der Waals surface area contributed by atoms with Crippen LogP contribution in [-0.2, 0) is 5.60 Å². The van der Waals surface area contributed by atoms with Gasteiger partial charge in [0.15, 0.2) is 11.5 Å². The summed E-state index contributed by atoms with van der Waals surface area (Å²) in [6.45, 7) is 1.46. The van der Waals surface area contributed by atoms with Gasteiger partial charge in [-0.25, -0.2) is 8.78 Å². The van der Waals surface area contributed by atoms with Gasteiger partial charge in [-0.3, -0.25) is 0 Å². The zero-order valence-corrected chi connectivity index (χ0v) is 12.0. The van der Waals surface area contributed by atoms with E-state index in [0.717, 1.165) is 18.2 Å². The van der Waals surface area contributed by atoms with Crippen molar-refractivity contribution >= 4 is 0 Å². The number of ether oxygens (including phenoxy) is 2. The van der Waals surface area contributed by atoms with E-state index in [1.165, 1.54) is 21.1 Å². The number of benzene rings is 2. The van der Waals surface area contributed by atoms with Crippen molar-refractivity contribution in [2.24, 2.45) is 0 Å². The second-order valence-corrected chi connectivity index (χ2v) is 4.80. The smallest absolute Gasteiger partial charge is 0.161 e. The summed E-state index contributed by atoms with van der Waals surface area (Å²) in [6.07, 6.45) is 0. The summed E-state index contributed by atoms with van der Waals surface area (Å²) in [4.78, 5) is 0. The van der Waals surface area contributed by atoms with Crippen LogP contribution in [0.2, 0.25) is 0 Å². The highest BCUT2D eigenvalue weighted by molar-refractivity contribution is 5.47. The fourth-order valence-electron chi connectivity index (χ4n) is 2.14. The molecule has 0 aliphatic rings. The van der Waals surface area contributed by atoms with Gasteiger partial charge >= 0.3 is 0 Å². The molecule has 5 heteroatoms. The monoisotopic (exact) mass is 294 g/mol. The number of halogens is 2. The molecule has 0 aliphatic heterocycles. The highest BCUT2D eigenvalue weighted by Crippen LogP contribution is 2.36. The maximum atomic E-state index is 13.3. The van der Waals surface area contributed by atoms with Crippen molar-refractivity contribution in [3.8, 4) is 11.5 Å². The number of methoxy groups -OCH3 is 2. The average molecular weight is 294 g/mol. The van der Waals surface area contributed by atoms with Crippen LogP contribution >= 0.6 is 0 Å². The molecule has 0 saturated heterocycles. The van der Waals surface area contributed by atoms with Gasteiger partial charge in [-0.05, 0) is 42.3 Å². The van der Waals surface area contributed by atoms with E-state index >= 15 is 0 Å². The second-order valence-electron chi connectivity index (χ2n) is 4.80. The van der Waals surface area contributed by atoms with E-state index < -0.39 is 17.2 Å². The highest BCUT2D eigenvalue weighted by Gasteiger charge is 2.28. The topological polar surface area (TPSA) is 38.7 Å². The van der Waals surface area contributed by atoms with E-state index in [9.17, 15) is 13.9 Å². The Morgan fingerprint density at radius 2 is 1.43 bits per heavy atom. The van der Waals surface area contributed by atoms with Gasteiger partial charge in [0.2, 0.25) is 0 Å². The van der Waals surface area contributed by atoms with E-state index in [-0.39, 0.29) is 5.56 Å². The first-order chi connectivity index (χ1) is 9.88. The van der Waals surface area contributed by atoms with Crippen LogP contribution < -0.4 is 9.47 Å². The zero-order chi connectivity index (χ0) is 15.6. The number of aliphatic hydroxyl groups is 1. The molecule has 21 heavy (non-hydrogen) atoms. The normalized spacial score (nSPS) is 13.6. The maximum Gasteiger partial charge on any atom is 0.161 e. The first kappa shape index (κ1) is 15.3. The second kappa shape index (κ2) is 5.69. The fraction of sp³-hybridized carbons (Fsp3) is 0.250. The molecule has 2 aromatic carbocycles. The average Bonchev–Trinajstić information content (AvgIpc) is 2.45. The largest absolute Gasteiger partial charge is 0.493 e. The highest BCUT2D eigenvalue weighted by atomic mass is 19.1. The Bertz CT molecular complexity index is 634. The van der Waals surface area contributed by atoms with Crippen molar-refractivity contribution in [2.45, 2.75) is 12.5 Å². The van der Waals surface area contributed by atoms with Crippen molar-refractivity contribution in [1.29, 1.82) is 0 Å². The molecular weight excluding hydrogens is 278 g/mol. The SMILES string of the molecule is COc1ccc(C(C)(O)c2cc(F)cc(F)c2)cc1OC. The minimum Gasteiger partial charge on any atom is -0.493 e. The molecule has 0 fully saturated rings. The van der Waals surface area contributed by atoms with Gasteiger partial charge < -0.3 is 14.6 Å². The molecule has 1 unspecified atom stereocenters. The molecule has 0 amide bonds. The van der Waals surface area contributed by atoms with Crippen LogP contribution in [0.3, 0.4) is 0 Å². The third-order valence-corrected chi connectivity index (χ3v) is 3.37. The molecule has 0 heterocycles. The first-order valence-corrected chi connectivity index (χ1v) is 6.30. The summed E-state index contributed by atoms with van der Waals surface area (Å²) in [7, 11) is 2.97. The van der Waals surface area contributed by atoms with Gasteiger partial charge in [-0.15, -0.1) is 0 Å². The summed E-state index contributed by atoms with van der Waals surface area (Å²) < 4.78 is 37.0. The Kier molecular flexibility index (Phi) is 4.14. The molecule has 1 N–H and O–H groups in total. The predicted octanol–water partition coefficient (Wildman–Crippen LogP) is 3.24. The van der Waals surface area contributed by atoms with Crippen LogP contribution in [0.25, 0.3) is 0 Å². The Labute approximate surface area is 121 Å². The molecule has 112 valence electrons. The number of rotatable bonds is 4. The summed E-state index contributed by atoms with van der Waals surface area (Å²) in [5.41, 5.74) is -1.01. The van der Waals surface area contributed by atoms with Gasteiger partial charge in [0.1, 0.15) is 17.2 Å². The molecule has 3 nitrogen and oxygen atoms in total. The summed E-state index contributed by atoms with van der Waals surface area (Å²) in [6, 6.07) is 7.76. The molecule has 0 bridgehead atoms. The number of hydrogen-bond donors (Lipinski definition) is 1. The van der Waals surface area contributed by atoms with E-state index in [1.807, 2.05) is 0 Å². The summed E-state index contributed by atoms with van der Waals surface area (Å²) >= 11 is 0. The van der Waals surface area contributed by atoms with Crippen molar-refractivity contribution in [1.82, 2.24) is 0 Å². The number of hydrogen-bond acceptors (Lipinski definition) is 3. The van der Waals surface area contributed by atoms with Gasteiger partial charge in [-0.1, -0.05) is 6.07 Å². The maximum absolute atomic E-state index is 13.3. The molecule has 0 spiro atoms. The van der Waals surface area contributed by atoms with Crippen LogP contribution in [-0.4, -0.2) is 19.3 Å². The lowest BCUT2D eigenvalue weighted by Crippen LogP contribution is -2.23. The lowest BCUT2D eigenvalue weighted by Gasteiger charge is -2.25. The van der Waals surface area contributed by atoms with Crippen LogP contribution in [0.1, 0.15) is 18.1 Å². The zero-order valence-electron chi connectivity index (χ0n) is 12.0. The van der Waals surface area contributed by atoms with E-state index in [4.69, 9.17) is 9.47 Å². The molecule has 2 aromatic rings. The Morgan fingerprint density at radius 1 is 0.857 bits per heavy atom. The Balaban J connectivity index is 2.52. The van der Waals surface area contributed by atoms with Crippen LogP contribution in [0.5, 0.6) is 11.5 Å². The quantitative estimate of drug-likeness (QED) is 0.941. The molecule has 0 saturated carbocycles. The van der Waals surface area contributed by atoms with Gasteiger partial charge in [0, 0.05) is 6.07 Å². The van der Waals surface area contributed by atoms with Gasteiger partial charge in [0.25, 0.3) is 0 Å². The molecule has 0 radical (unpaired) electrons. The van der Waals surface area contributed by atoms with E-state index in [0.29, 0.717) is 17.1 Å². The lowest BCUT2D eigenvalue weighted by atomic mass is 9.88. The van der Waals surface area contributed by atoms with E-state index in [1.54, 1.807) is 18.2 Å². The summed E-state index contributed by atoms with van der Waals surface area (Å²) in [5.74, 6) is -0.564. The molecule has 1 atom stereocenters. The molecule has 0 aromatic heterocycles. The fourth-order valence-corrected chi connectivity index (χ4v) is 2.14. The summed E-state index contributed by atoms with van der Waals surface area (Å²) in [5, 5.41) is 10.7. The first-order valence-electron chi connectivity index (χ1n) is 6.30. The van der Waals surface area contributed by atoms with Crippen LogP contribution in [0, 0.1) is 11.6 Å². The molecule has 0 aliphatic carbocycles. The Hall–Kier alpha value is -2.14. The van der Waals surface area contributed by atoms with Crippen molar-refractivity contribution in [2.75, 3.05) is 14.2 Å². The third-order valence-electron chi connectivity index (χ3n) is 3.37. The predicted molar refractivity (Wildman–Crippen MR) is 74.6 cm³/mol. The van der Waals surface area contributed by atoms with Crippen molar-refractivity contribution < 1.29 is 23.4 Å². The van der Waals surface area contributed by atoms with Crippen LogP contribution in [0.4, 0.5) is 8.78 Å². The van der Waals surface area contributed by atoms with Crippen molar-refractivity contribution in [3.63, 3.8) is 0 Å². The molecular formula is C16H16F2O3. The van der Waals surface area contributed by atoms with Crippen LogP contribution in [0.15, 0.2) is 36.4 Å². The van der Waals surface area contributed by atoms with E-state index in [2.05, 4.69) is 0 Å². The van der Waals surface area contributed by atoms with Gasteiger partial charge in [-0.2, -0.15) is 0 Å². The minimum atomic E-state index is -1.57. The standard InChI is InChI=1S/C16H16F2O3/c1-16(19,11-6-12(17)9-13(18)7-11)10-4-5-14(20-2)15(8-10)21-3/h4-9,19H,1-3H3. The minimum absolute atomic E-state index is 0.118. The van der Waals surface area contributed by atoms with Crippen molar-refractivity contribution in [3.05, 3.63) is 59.2 Å².